The molecule has 1 aromatic carbocycles. The van der Waals surface area contributed by atoms with Crippen molar-refractivity contribution in [3.8, 4) is 0 Å². The highest BCUT2D eigenvalue weighted by Gasteiger charge is 2.37. The Kier molecular flexibility index (Phi) is 2.15. The van der Waals surface area contributed by atoms with Gasteiger partial charge in [-0.2, -0.15) is 0 Å². The van der Waals surface area contributed by atoms with E-state index in [1.165, 1.54) is 5.56 Å². The highest BCUT2D eigenvalue weighted by molar-refractivity contribution is 5.62. The number of hydrogen-bond acceptors (Lipinski definition) is 2. The van der Waals surface area contributed by atoms with Gasteiger partial charge in [-0.15, -0.1) is 0 Å². The standard InChI is InChI=1S/C11H13NO/c1-9(12-7-11(12)8-13)10-5-3-2-4-6-10/h2-6,8-9,11H,7H2,1H3/t9-,11?,12?/m1/s1. The van der Waals surface area contributed by atoms with Gasteiger partial charge in [-0.3, -0.25) is 4.90 Å². The molecule has 1 aliphatic heterocycles. The number of rotatable bonds is 3. The zero-order chi connectivity index (χ0) is 9.26. The van der Waals surface area contributed by atoms with Gasteiger partial charge >= 0.3 is 0 Å². The Morgan fingerprint density at radius 1 is 1.46 bits per heavy atom. The first-order chi connectivity index (χ1) is 6.33. The average Bonchev–Trinajstić information content (AvgIpc) is 2.97. The van der Waals surface area contributed by atoms with Crippen LogP contribution in [-0.4, -0.2) is 23.8 Å². The molecule has 0 radical (unpaired) electrons. The van der Waals surface area contributed by atoms with Crippen LogP contribution in [0.25, 0.3) is 0 Å². The fraction of sp³-hybridized carbons (Fsp3) is 0.364. The molecule has 0 aliphatic carbocycles. The molecule has 68 valence electrons. The molecule has 0 amide bonds. The van der Waals surface area contributed by atoms with E-state index in [-0.39, 0.29) is 6.04 Å². The van der Waals surface area contributed by atoms with Gasteiger partial charge in [-0.05, 0) is 12.5 Å². The van der Waals surface area contributed by atoms with Crippen LogP contribution in [0.1, 0.15) is 18.5 Å². The zero-order valence-electron chi connectivity index (χ0n) is 7.68. The van der Waals surface area contributed by atoms with Gasteiger partial charge in [0.2, 0.25) is 0 Å². The fourth-order valence-electron chi connectivity index (χ4n) is 1.66. The van der Waals surface area contributed by atoms with Gasteiger partial charge < -0.3 is 4.79 Å². The minimum Gasteiger partial charge on any atom is -0.302 e. The van der Waals surface area contributed by atoms with Gasteiger partial charge in [0.25, 0.3) is 0 Å². The lowest BCUT2D eigenvalue weighted by Crippen LogP contribution is -2.08. The Balaban J connectivity index is 2.07. The second-order valence-electron chi connectivity index (χ2n) is 3.49. The molecule has 0 N–H and O–H groups in total. The molecular formula is C11H13NO. The SMILES string of the molecule is C[C@H](c1ccccc1)N1CC1C=O. The van der Waals surface area contributed by atoms with Gasteiger partial charge in [-0.25, -0.2) is 0 Å². The Morgan fingerprint density at radius 3 is 2.69 bits per heavy atom. The third-order valence-electron chi connectivity index (χ3n) is 2.63. The molecule has 1 saturated heterocycles. The summed E-state index contributed by atoms with van der Waals surface area (Å²) in [5.41, 5.74) is 1.28. The molecule has 0 aromatic heterocycles. The molecule has 1 fully saturated rings. The zero-order valence-corrected chi connectivity index (χ0v) is 7.68. The summed E-state index contributed by atoms with van der Waals surface area (Å²) in [5, 5.41) is 0. The maximum Gasteiger partial charge on any atom is 0.138 e. The fourth-order valence-corrected chi connectivity index (χ4v) is 1.66. The van der Waals surface area contributed by atoms with Crippen molar-refractivity contribution in [1.29, 1.82) is 0 Å². The first kappa shape index (κ1) is 8.45. The monoisotopic (exact) mass is 175 g/mol. The number of benzene rings is 1. The van der Waals surface area contributed by atoms with Gasteiger partial charge in [0.1, 0.15) is 6.29 Å². The summed E-state index contributed by atoms with van der Waals surface area (Å²) in [6.07, 6.45) is 1.03. The Bertz CT molecular complexity index is 296. The predicted molar refractivity (Wildman–Crippen MR) is 51.4 cm³/mol. The third-order valence-corrected chi connectivity index (χ3v) is 2.63. The number of carbonyl (C=O) groups excluding carboxylic acids is 1. The molecule has 2 nitrogen and oxygen atoms in total. The lowest BCUT2D eigenvalue weighted by atomic mass is 10.1. The lowest BCUT2D eigenvalue weighted by Gasteiger charge is -2.12. The topological polar surface area (TPSA) is 20.1 Å². The molecule has 13 heavy (non-hydrogen) atoms. The van der Waals surface area contributed by atoms with Crippen molar-refractivity contribution >= 4 is 6.29 Å². The lowest BCUT2D eigenvalue weighted by molar-refractivity contribution is -0.108. The highest BCUT2D eigenvalue weighted by Crippen LogP contribution is 2.30. The Morgan fingerprint density at radius 2 is 2.15 bits per heavy atom. The van der Waals surface area contributed by atoms with Crippen LogP contribution >= 0.6 is 0 Å². The summed E-state index contributed by atoms with van der Waals surface area (Å²) in [4.78, 5) is 12.7. The minimum absolute atomic E-state index is 0.162. The summed E-state index contributed by atoms with van der Waals surface area (Å²) in [6.45, 7) is 3.05. The quantitative estimate of drug-likeness (QED) is 0.514. The maximum atomic E-state index is 10.5. The van der Waals surface area contributed by atoms with Gasteiger partial charge in [-0.1, -0.05) is 30.3 Å². The van der Waals surface area contributed by atoms with E-state index in [1.807, 2.05) is 18.2 Å². The van der Waals surface area contributed by atoms with E-state index in [1.54, 1.807) is 0 Å². The second-order valence-corrected chi connectivity index (χ2v) is 3.49. The maximum absolute atomic E-state index is 10.5. The molecule has 1 aliphatic rings. The number of nitrogens with zero attached hydrogens (tertiary/aromatic N) is 1. The first-order valence-electron chi connectivity index (χ1n) is 4.59. The largest absolute Gasteiger partial charge is 0.302 e. The molecule has 3 atom stereocenters. The molecule has 1 aromatic rings. The number of hydrogen-bond donors (Lipinski definition) is 0. The van der Waals surface area contributed by atoms with Gasteiger partial charge in [0.15, 0.2) is 0 Å². The van der Waals surface area contributed by atoms with Crippen molar-refractivity contribution in [3.63, 3.8) is 0 Å². The molecule has 0 saturated carbocycles. The van der Waals surface area contributed by atoms with E-state index >= 15 is 0 Å². The van der Waals surface area contributed by atoms with E-state index in [4.69, 9.17) is 0 Å². The van der Waals surface area contributed by atoms with E-state index in [0.717, 1.165) is 12.8 Å². The van der Waals surface area contributed by atoms with Crippen LogP contribution in [0.3, 0.4) is 0 Å². The van der Waals surface area contributed by atoms with Crippen LogP contribution in [0.2, 0.25) is 0 Å². The van der Waals surface area contributed by atoms with Crippen LogP contribution in [0.4, 0.5) is 0 Å². The van der Waals surface area contributed by atoms with E-state index < -0.39 is 0 Å². The summed E-state index contributed by atoms with van der Waals surface area (Å²) < 4.78 is 0. The third kappa shape index (κ3) is 1.63. The van der Waals surface area contributed by atoms with Crippen LogP contribution in [-0.2, 0) is 4.79 Å². The first-order valence-corrected chi connectivity index (χ1v) is 4.59. The van der Waals surface area contributed by atoms with Crippen LogP contribution < -0.4 is 0 Å². The van der Waals surface area contributed by atoms with Crippen molar-refractivity contribution in [2.45, 2.75) is 19.0 Å². The van der Waals surface area contributed by atoms with E-state index in [2.05, 4.69) is 24.0 Å². The molecule has 2 rings (SSSR count). The normalized spacial score (nSPS) is 28.1. The van der Waals surface area contributed by atoms with Crippen molar-refractivity contribution < 1.29 is 4.79 Å². The van der Waals surface area contributed by atoms with Crippen molar-refractivity contribution in [1.82, 2.24) is 4.90 Å². The summed E-state index contributed by atoms with van der Waals surface area (Å²) in [5.74, 6) is 0. The number of carbonyl (C=O) groups is 1. The van der Waals surface area contributed by atoms with Crippen molar-refractivity contribution in [3.05, 3.63) is 35.9 Å². The van der Waals surface area contributed by atoms with Crippen molar-refractivity contribution in [2.75, 3.05) is 6.54 Å². The average molecular weight is 175 g/mol. The van der Waals surface area contributed by atoms with Crippen LogP contribution in [0.5, 0.6) is 0 Å². The molecule has 2 unspecified atom stereocenters. The molecule has 0 spiro atoms. The summed E-state index contributed by atoms with van der Waals surface area (Å²) in [7, 11) is 0. The summed E-state index contributed by atoms with van der Waals surface area (Å²) in [6, 6.07) is 10.8. The minimum atomic E-state index is 0.162. The molecule has 0 bridgehead atoms. The van der Waals surface area contributed by atoms with Gasteiger partial charge in [0, 0.05) is 12.6 Å². The Labute approximate surface area is 78.2 Å². The second kappa shape index (κ2) is 3.30. The smallest absolute Gasteiger partial charge is 0.138 e. The van der Waals surface area contributed by atoms with Crippen molar-refractivity contribution in [2.24, 2.45) is 0 Å². The van der Waals surface area contributed by atoms with Crippen LogP contribution in [0.15, 0.2) is 30.3 Å². The number of aldehydes is 1. The summed E-state index contributed by atoms with van der Waals surface area (Å²) >= 11 is 0. The van der Waals surface area contributed by atoms with Crippen LogP contribution in [0, 0.1) is 0 Å². The predicted octanol–water partition coefficient (Wildman–Crippen LogP) is 1.63. The van der Waals surface area contributed by atoms with Gasteiger partial charge in [0.05, 0.1) is 6.04 Å². The highest BCUT2D eigenvalue weighted by atomic mass is 16.1. The molecular weight excluding hydrogens is 162 g/mol. The molecule has 1 heterocycles. The molecule has 2 heteroatoms. The van der Waals surface area contributed by atoms with E-state index in [0.29, 0.717) is 6.04 Å². The Hall–Kier alpha value is -1.15. The van der Waals surface area contributed by atoms with E-state index in [9.17, 15) is 4.79 Å².